The number of hydrogen-bond donors (Lipinski definition) is 2. The summed E-state index contributed by atoms with van der Waals surface area (Å²) in [5, 5.41) is 9.26. The Kier molecular flexibility index (Phi) is 5.79. The number of ether oxygens (including phenoxy) is 2. The van der Waals surface area contributed by atoms with Crippen LogP contribution in [0.3, 0.4) is 0 Å². The van der Waals surface area contributed by atoms with Gasteiger partial charge in [-0.3, -0.25) is 9.59 Å². The fourth-order valence-electron chi connectivity index (χ4n) is 4.54. The van der Waals surface area contributed by atoms with Crippen molar-refractivity contribution < 1.29 is 28.0 Å². The SMILES string of the molecule is CNC(=O)c1cc(COC(=O)C2NCC23CC(Oc2ccc(-c4ccc(F)cc4)cc2)C3)on1. The summed E-state index contributed by atoms with van der Waals surface area (Å²) < 4.78 is 29.6. The van der Waals surface area contributed by atoms with Gasteiger partial charge in [0, 0.05) is 25.1 Å². The number of hydrogen-bond acceptors (Lipinski definition) is 7. The highest BCUT2D eigenvalue weighted by atomic mass is 19.1. The zero-order valence-electron chi connectivity index (χ0n) is 18.5. The summed E-state index contributed by atoms with van der Waals surface area (Å²) in [5.74, 6) is 0.0785. The van der Waals surface area contributed by atoms with Crippen LogP contribution in [0.5, 0.6) is 5.75 Å². The largest absolute Gasteiger partial charge is 0.490 e. The maximum atomic E-state index is 13.1. The molecule has 1 spiro atoms. The number of carbonyl (C=O) groups excluding carboxylic acids is 2. The first-order chi connectivity index (χ1) is 16.5. The second kappa shape index (κ2) is 8.90. The molecule has 8 nitrogen and oxygen atoms in total. The molecule has 1 saturated heterocycles. The Morgan fingerprint density at radius 2 is 1.82 bits per heavy atom. The molecule has 5 rings (SSSR count). The molecule has 1 aromatic heterocycles. The molecular formula is C25H24FN3O5. The summed E-state index contributed by atoms with van der Waals surface area (Å²) in [4.78, 5) is 24.1. The van der Waals surface area contributed by atoms with Gasteiger partial charge in [0.15, 0.2) is 18.1 Å². The third-order valence-corrected chi connectivity index (χ3v) is 6.48. The van der Waals surface area contributed by atoms with E-state index in [9.17, 15) is 14.0 Å². The number of aromatic nitrogens is 1. The van der Waals surface area contributed by atoms with Gasteiger partial charge in [-0.25, -0.2) is 4.39 Å². The number of amides is 1. The first kappa shape index (κ1) is 22.1. The third kappa shape index (κ3) is 4.26. The summed E-state index contributed by atoms with van der Waals surface area (Å²) in [6.07, 6.45) is 1.53. The van der Waals surface area contributed by atoms with Crippen molar-refractivity contribution in [3.8, 4) is 16.9 Å². The minimum absolute atomic E-state index is 0.0264. The summed E-state index contributed by atoms with van der Waals surface area (Å²) in [7, 11) is 1.50. The van der Waals surface area contributed by atoms with Gasteiger partial charge in [0.05, 0.1) is 0 Å². The molecular weight excluding hydrogens is 441 g/mol. The Bertz CT molecular complexity index is 1190. The van der Waals surface area contributed by atoms with Gasteiger partial charge in [-0.05, 0) is 48.2 Å². The van der Waals surface area contributed by atoms with Gasteiger partial charge in [-0.2, -0.15) is 0 Å². The third-order valence-electron chi connectivity index (χ3n) is 6.48. The van der Waals surface area contributed by atoms with E-state index in [0.717, 1.165) is 36.3 Å². The van der Waals surface area contributed by atoms with Crippen LogP contribution in [0, 0.1) is 11.2 Å². The van der Waals surface area contributed by atoms with Gasteiger partial charge < -0.3 is 24.6 Å². The van der Waals surface area contributed by atoms with Gasteiger partial charge in [0.1, 0.15) is 23.7 Å². The van der Waals surface area contributed by atoms with Gasteiger partial charge in [0.25, 0.3) is 5.91 Å². The highest BCUT2D eigenvalue weighted by Crippen LogP contribution is 2.50. The van der Waals surface area contributed by atoms with E-state index in [1.54, 1.807) is 12.1 Å². The van der Waals surface area contributed by atoms with Crippen LogP contribution in [0.25, 0.3) is 11.1 Å². The molecule has 2 fully saturated rings. The number of esters is 1. The maximum absolute atomic E-state index is 13.1. The molecule has 1 unspecified atom stereocenters. The molecule has 3 aromatic rings. The zero-order valence-corrected chi connectivity index (χ0v) is 18.5. The van der Waals surface area contributed by atoms with Crippen LogP contribution >= 0.6 is 0 Å². The summed E-state index contributed by atoms with van der Waals surface area (Å²) >= 11 is 0. The van der Waals surface area contributed by atoms with Gasteiger partial charge in [-0.15, -0.1) is 0 Å². The quantitative estimate of drug-likeness (QED) is 0.517. The molecule has 1 aliphatic carbocycles. The monoisotopic (exact) mass is 465 g/mol. The Morgan fingerprint density at radius 1 is 1.15 bits per heavy atom. The molecule has 2 aliphatic rings. The minimum atomic E-state index is -0.394. The van der Waals surface area contributed by atoms with E-state index in [-0.39, 0.29) is 41.5 Å². The highest BCUT2D eigenvalue weighted by Gasteiger charge is 2.59. The lowest BCUT2D eigenvalue weighted by atomic mass is 9.57. The van der Waals surface area contributed by atoms with Crippen LogP contribution in [0.15, 0.2) is 59.1 Å². The number of nitrogens with one attached hydrogen (secondary N) is 2. The van der Waals surface area contributed by atoms with Crippen LogP contribution < -0.4 is 15.4 Å². The topological polar surface area (TPSA) is 103 Å². The summed E-state index contributed by atoms with van der Waals surface area (Å²) in [6, 6.07) is 15.1. The number of benzene rings is 2. The maximum Gasteiger partial charge on any atom is 0.324 e. The molecule has 2 heterocycles. The van der Waals surface area contributed by atoms with Gasteiger partial charge in [0.2, 0.25) is 0 Å². The average Bonchev–Trinajstić information content (AvgIpc) is 3.28. The fraction of sp³-hybridized carbons (Fsp3) is 0.320. The minimum Gasteiger partial charge on any atom is -0.490 e. The second-order valence-electron chi connectivity index (χ2n) is 8.72. The molecule has 9 heteroatoms. The summed E-state index contributed by atoms with van der Waals surface area (Å²) in [6.45, 7) is 0.649. The van der Waals surface area contributed by atoms with E-state index < -0.39 is 6.04 Å². The molecule has 2 aromatic carbocycles. The Hall–Kier alpha value is -3.72. The number of nitrogens with zero attached hydrogens (tertiary/aromatic N) is 1. The van der Waals surface area contributed by atoms with Crippen molar-refractivity contribution in [3.05, 3.63) is 71.9 Å². The molecule has 1 atom stereocenters. The zero-order chi connectivity index (χ0) is 23.7. The standard InChI is InChI=1S/C25H24FN3O5/c1-27-23(30)21-10-19(34-29-21)13-32-24(31)22-25(14-28-22)11-20(12-25)33-18-8-4-16(5-9-18)15-2-6-17(26)7-3-15/h2-10,20,22,28H,11-14H2,1H3,(H,27,30). The van der Waals surface area contributed by atoms with Crippen molar-refractivity contribution in [3.63, 3.8) is 0 Å². The molecule has 34 heavy (non-hydrogen) atoms. The fourth-order valence-corrected chi connectivity index (χ4v) is 4.54. The lowest BCUT2D eigenvalue weighted by Crippen LogP contribution is -2.72. The van der Waals surface area contributed by atoms with Gasteiger partial charge >= 0.3 is 5.97 Å². The van der Waals surface area contributed by atoms with Crippen LogP contribution in [0.1, 0.15) is 29.1 Å². The molecule has 176 valence electrons. The molecule has 0 bridgehead atoms. The van der Waals surface area contributed by atoms with E-state index in [0.29, 0.717) is 5.76 Å². The Labute approximate surface area is 195 Å². The molecule has 1 saturated carbocycles. The van der Waals surface area contributed by atoms with Crippen molar-refractivity contribution in [2.75, 3.05) is 13.6 Å². The van der Waals surface area contributed by atoms with Crippen molar-refractivity contribution in [1.29, 1.82) is 0 Å². The van der Waals surface area contributed by atoms with Crippen LogP contribution in [0.2, 0.25) is 0 Å². The predicted octanol–water partition coefficient (Wildman–Crippen LogP) is 3.08. The normalized spacial score (nSPS) is 23.0. The number of rotatable bonds is 7. The number of carbonyl (C=O) groups is 2. The first-order valence-electron chi connectivity index (χ1n) is 11.1. The highest BCUT2D eigenvalue weighted by molar-refractivity contribution is 5.91. The van der Waals surface area contributed by atoms with Crippen molar-refractivity contribution in [2.24, 2.45) is 5.41 Å². The van der Waals surface area contributed by atoms with Crippen molar-refractivity contribution in [1.82, 2.24) is 15.8 Å². The van der Waals surface area contributed by atoms with Crippen LogP contribution in [0.4, 0.5) is 4.39 Å². The van der Waals surface area contributed by atoms with E-state index in [4.69, 9.17) is 14.0 Å². The average molecular weight is 465 g/mol. The molecule has 2 N–H and O–H groups in total. The first-order valence-corrected chi connectivity index (χ1v) is 11.1. The predicted molar refractivity (Wildman–Crippen MR) is 119 cm³/mol. The molecule has 1 aliphatic heterocycles. The van der Waals surface area contributed by atoms with E-state index in [2.05, 4.69) is 15.8 Å². The van der Waals surface area contributed by atoms with Crippen LogP contribution in [-0.4, -0.2) is 42.8 Å². The summed E-state index contributed by atoms with van der Waals surface area (Å²) in [5.41, 5.74) is 1.89. The molecule has 0 radical (unpaired) electrons. The van der Waals surface area contributed by atoms with E-state index >= 15 is 0 Å². The smallest absolute Gasteiger partial charge is 0.324 e. The van der Waals surface area contributed by atoms with E-state index in [1.165, 1.54) is 25.2 Å². The van der Waals surface area contributed by atoms with E-state index in [1.807, 2.05) is 24.3 Å². The second-order valence-corrected chi connectivity index (χ2v) is 8.72. The number of halogens is 1. The van der Waals surface area contributed by atoms with Crippen molar-refractivity contribution >= 4 is 11.9 Å². The Morgan fingerprint density at radius 3 is 2.44 bits per heavy atom. The van der Waals surface area contributed by atoms with Crippen molar-refractivity contribution in [2.45, 2.75) is 31.6 Å². The van der Waals surface area contributed by atoms with Gasteiger partial charge in [-0.1, -0.05) is 29.4 Å². The Balaban J connectivity index is 1.11. The van der Waals surface area contributed by atoms with Crippen LogP contribution in [-0.2, 0) is 16.1 Å². The molecule has 1 amide bonds. The lowest BCUT2D eigenvalue weighted by molar-refractivity contribution is -0.167. The lowest BCUT2D eigenvalue weighted by Gasteiger charge is -2.57.